The van der Waals surface area contributed by atoms with E-state index in [0.29, 0.717) is 30.0 Å². The minimum Gasteiger partial charge on any atom is -0.497 e. The molecule has 0 unspecified atom stereocenters. The van der Waals surface area contributed by atoms with Crippen LogP contribution in [0.5, 0.6) is 17.2 Å². The van der Waals surface area contributed by atoms with Crippen molar-refractivity contribution >= 4 is 29.7 Å². The summed E-state index contributed by atoms with van der Waals surface area (Å²) < 4.78 is 15.6. The first-order valence-corrected chi connectivity index (χ1v) is 7.51. The Balaban J connectivity index is 0.00000312. The fourth-order valence-electron chi connectivity index (χ4n) is 2.36. The molecule has 136 valence electrons. The lowest BCUT2D eigenvalue weighted by molar-refractivity contribution is -0.116. The summed E-state index contributed by atoms with van der Waals surface area (Å²) in [5.74, 6) is 1.94. The number of nitrogens with one attached hydrogen (secondary N) is 1. The summed E-state index contributed by atoms with van der Waals surface area (Å²) in [5, 5.41) is 2.82. The monoisotopic (exact) mass is 366 g/mol. The third-order valence-electron chi connectivity index (χ3n) is 3.62. The maximum atomic E-state index is 12.2. The second kappa shape index (κ2) is 9.64. The van der Waals surface area contributed by atoms with E-state index in [1.807, 2.05) is 18.2 Å². The number of hydrogen-bond acceptors (Lipinski definition) is 5. The zero-order chi connectivity index (χ0) is 17.5. The minimum atomic E-state index is -0.107. The number of benzene rings is 2. The normalized spacial score (nSPS) is 9.72. The number of hydrogen-bond donors (Lipinski definition) is 2. The molecule has 0 saturated heterocycles. The Morgan fingerprint density at radius 1 is 1.00 bits per heavy atom. The number of ether oxygens (including phenoxy) is 3. The molecule has 0 aliphatic carbocycles. The van der Waals surface area contributed by atoms with E-state index < -0.39 is 0 Å². The highest BCUT2D eigenvalue weighted by Gasteiger charge is 2.09. The minimum absolute atomic E-state index is 0. The third-order valence-corrected chi connectivity index (χ3v) is 3.62. The number of amides is 1. The van der Waals surface area contributed by atoms with Crippen molar-refractivity contribution in [2.24, 2.45) is 0 Å². The molecule has 0 saturated carbocycles. The van der Waals surface area contributed by atoms with Crippen LogP contribution in [0.3, 0.4) is 0 Å². The van der Waals surface area contributed by atoms with Gasteiger partial charge in [0.1, 0.15) is 17.2 Å². The molecule has 0 aliphatic heterocycles. The number of halogens is 1. The molecule has 7 heteroatoms. The van der Waals surface area contributed by atoms with Gasteiger partial charge in [0.05, 0.1) is 27.0 Å². The molecule has 6 nitrogen and oxygen atoms in total. The lowest BCUT2D eigenvalue weighted by Crippen LogP contribution is -2.13. The highest BCUT2D eigenvalue weighted by Crippen LogP contribution is 2.26. The van der Waals surface area contributed by atoms with Gasteiger partial charge in [-0.3, -0.25) is 4.79 Å². The Bertz CT molecular complexity index is 722. The van der Waals surface area contributed by atoms with E-state index in [1.54, 1.807) is 39.5 Å². The van der Waals surface area contributed by atoms with E-state index in [-0.39, 0.29) is 18.3 Å². The Morgan fingerprint density at radius 3 is 2.28 bits per heavy atom. The number of nitrogen functional groups attached to an aromatic ring is 1. The molecule has 3 N–H and O–H groups in total. The van der Waals surface area contributed by atoms with Gasteiger partial charge in [-0.25, -0.2) is 0 Å². The first kappa shape index (κ1) is 20.4. The Labute approximate surface area is 153 Å². The van der Waals surface area contributed by atoms with E-state index in [4.69, 9.17) is 19.9 Å². The maximum Gasteiger partial charge on any atom is 0.224 e. The first-order valence-electron chi connectivity index (χ1n) is 7.51. The van der Waals surface area contributed by atoms with E-state index >= 15 is 0 Å². The lowest BCUT2D eigenvalue weighted by atomic mass is 10.1. The Morgan fingerprint density at radius 2 is 1.68 bits per heavy atom. The average molecular weight is 367 g/mol. The summed E-state index contributed by atoms with van der Waals surface area (Å²) in [6, 6.07) is 10.7. The zero-order valence-electron chi connectivity index (χ0n) is 14.5. The highest BCUT2D eigenvalue weighted by molar-refractivity contribution is 5.91. The number of aryl methyl sites for hydroxylation is 1. The first-order chi connectivity index (χ1) is 11.6. The van der Waals surface area contributed by atoms with Crippen LogP contribution in [0.1, 0.15) is 12.0 Å². The van der Waals surface area contributed by atoms with Crippen molar-refractivity contribution in [1.29, 1.82) is 0 Å². The van der Waals surface area contributed by atoms with Gasteiger partial charge in [-0.15, -0.1) is 12.4 Å². The lowest BCUT2D eigenvalue weighted by Gasteiger charge is -2.11. The molecule has 0 spiro atoms. The second-order valence-electron chi connectivity index (χ2n) is 5.18. The van der Waals surface area contributed by atoms with Crippen LogP contribution in [-0.4, -0.2) is 27.2 Å². The molecule has 2 rings (SSSR count). The quantitative estimate of drug-likeness (QED) is 0.735. The van der Waals surface area contributed by atoms with E-state index in [1.165, 1.54) is 0 Å². The van der Waals surface area contributed by atoms with Crippen LogP contribution >= 0.6 is 12.4 Å². The Hall–Kier alpha value is -2.60. The fraction of sp³-hybridized carbons (Fsp3) is 0.278. The van der Waals surface area contributed by atoms with Gasteiger partial charge in [-0.05, 0) is 48.4 Å². The smallest absolute Gasteiger partial charge is 0.224 e. The SMILES string of the molecule is COc1ccc(OC)c(CCC(=O)Nc2ccc(OC)c(N)c2)c1.Cl. The predicted molar refractivity (Wildman–Crippen MR) is 101 cm³/mol. The molecule has 0 atom stereocenters. The summed E-state index contributed by atoms with van der Waals surface area (Å²) in [5.41, 5.74) is 7.87. The van der Waals surface area contributed by atoms with Gasteiger partial charge in [0, 0.05) is 12.1 Å². The third kappa shape index (κ3) is 5.46. The van der Waals surface area contributed by atoms with Crippen molar-refractivity contribution in [2.75, 3.05) is 32.4 Å². The largest absolute Gasteiger partial charge is 0.497 e. The summed E-state index contributed by atoms with van der Waals surface area (Å²) in [7, 11) is 4.75. The van der Waals surface area contributed by atoms with Gasteiger partial charge in [-0.1, -0.05) is 0 Å². The molecule has 1 amide bonds. The predicted octanol–water partition coefficient (Wildman–Crippen LogP) is 3.29. The zero-order valence-corrected chi connectivity index (χ0v) is 15.3. The van der Waals surface area contributed by atoms with Gasteiger partial charge in [0.25, 0.3) is 0 Å². The van der Waals surface area contributed by atoms with Crippen molar-refractivity contribution < 1.29 is 19.0 Å². The van der Waals surface area contributed by atoms with Crippen molar-refractivity contribution in [3.05, 3.63) is 42.0 Å². The number of carbonyl (C=O) groups is 1. The molecular formula is C18H23ClN2O4. The standard InChI is InChI=1S/C18H22N2O4.ClH/c1-22-14-6-8-16(23-2)12(10-14)4-9-18(21)20-13-5-7-17(24-3)15(19)11-13;/h5-8,10-11H,4,9,19H2,1-3H3,(H,20,21);1H. The van der Waals surface area contributed by atoms with Crippen molar-refractivity contribution in [1.82, 2.24) is 0 Å². The Kier molecular flexibility index (Phi) is 7.88. The van der Waals surface area contributed by atoms with Crippen molar-refractivity contribution in [3.8, 4) is 17.2 Å². The maximum absolute atomic E-state index is 12.2. The molecule has 0 aromatic heterocycles. The van der Waals surface area contributed by atoms with Crippen molar-refractivity contribution in [3.63, 3.8) is 0 Å². The molecule has 0 fully saturated rings. The van der Waals surface area contributed by atoms with Crippen LogP contribution in [0.4, 0.5) is 11.4 Å². The molecule has 25 heavy (non-hydrogen) atoms. The summed E-state index contributed by atoms with van der Waals surface area (Å²) in [4.78, 5) is 12.2. The van der Waals surface area contributed by atoms with Crippen LogP contribution in [0.15, 0.2) is 36.4 Å². The average Bonchev–Trinajstić information content (AvgIpc) is 2.59. The van der Waals surface area contributed by atoms with Gasteiger partial charge in [0.2, 0.25) is 5.91 Å². The number of nitrogens with two attached hydrogens (primary N) is 1. The number of methoxy groups -OCH3 is 3. The highest BCUT2D eigenvalue weighted by atomic mass is 35.5. The molecule has 0 radical (unpaired) electrons. The molecule has 0 bridgehead atoms. The second-order valence-corrected chi connectivity index (χ2v) is 5.18. The van der Waals surface area contributed by atoms with Gasteiger partial charge in [-0.2, -0.15) is 0 Å². The van der Waals surface area contributed by atoms with Gasteiger partial charge >= 0.3 is 0 Å². The van der Waals surface area contributed by atoms with Crippen LogP contribution in [0.25, 0.3) is 0 Å². The van der Waals surface area contributed by atoms with Crippen LogP contribution in [0.2, 0.25) is 0 Å². The molecule has 2 aromatic carbocycles. The fourth-order valence-corrected chi connectivity index (χ4v) is 2.36. The van der Waals surface area contributed by atoms with E-state index in [2.05, 4.69) is 5.32 Å². The molecular weight excluding hydrogens is 344 g/mol. The van der Waals surface area contributed by atoms with Gasteiger partial charge < -0.3 is 25.3 Å². The van der Waals surface area contributed by atoms with E-state index in [9.17, 15) is 4.79 Å². The topological polar surface area (TPSA) is 82.8 Å². The van der Waals surface area contributed by atoms with Crippen LogP contribution in [0, 0.1) is 0 Å². The number of anilines is 2. The van der Waals surface area contributed by atoms with E-state index in [0.717, 1.165) is 17.1 Å². The van der Waals surface area contributed by atoms with Gasteiger partial charge in [0.15, 0.2) is 0 Å². The summed E-state index contributed by atoms with van der Waals surface area (Å²) >= 11 is 0. The van der Waals surface area contributed by atoms with Crippen LogP contribution in [-0.2, 0) is 11.2 Å². The molecule has 0 heterocycles. The number of carbonyl (C=O) groups excluding carboxylic acids is 1. The summed E-state index contributed by atoms with van der Waals surface area (Å²) in [6.45, 7) is 0. The molecule has 2 aromatic rings. The summed E-state index contributed by atoms with van der Waals surface area (Å²) in [6.07, 6.45) is 0.854. The number of rotatable bonds is 7. The van der Waals surface area contributed by atoms with Crippen LogP contribution < -0.4 is 25.3 Å². The van der Waals surface area contributed by atoms with Crippen molar-refractivity contribution in [2.45, 2.75) is 12.8 Å². The molecule has 0 aliphatic rings.